The number of aliphatic hydroxyl groups is 5. The van der Waals surface area contributed by atoms with E-state index in [1.165, 1.54) is 6.08 Å². The van der Waals surface area contributed by atoms with E-state index in [1.807, 2.05) is 6.92 Å². The summed E-state index contributed by atoms with van der Waals surface area (Å²) in [6.45, 7) is 2.79. The van der Waals surface area contributed by atoms with Crippen molar-refractivity contribution in [3.05, 3.63) is 12.2 Å². The van der Waals surface area contributed by atoms with E-state index >= 15 is 0 Å². The molecule has 2 unspecified atom stereocenters. The van der Waals surface area contributed by atoms with Gasteiger partial charge in [-0.3, -0.25) is 4.79 Å². The van der Waals surface area contributed by atoms with Crippen molar-refractivity contribution in [1.82, 2.24) is 5.32 Å². The smallest absolute Gasteiger partial charge is 0.220 e. The van der Waals surface area contributed by atoms with Crippen molar-refractivity contribution in [2.45, 2.75) is 69.5 Å². The lowest BCUT2D eigenvalue weighted by atomic mass is 9.99. The Morgan fingerprint density at radius 1 is 1.24 bits per heavy atom. The number of nitrogens with one attached hydrogen (secondary N) is 1. The molecule has 1 saturated heterocycles. The Kier molecular flexibility index (Phi) is 9.51. The number of hydrogen-bond acceptors (Lipinski definition) is 8. The summed E-state index contributed by atoms with van der Waals surface area (Å²) in [4.78, 5) is 11.6. The minimum absolute atomic E-state index is 0.205. The molecule has 1 rings (SSSR count). The summed E-state index contributed by atoms with van der Waals surface area (Å²) in [7, 11) is 0. The van der Waals surface area contributed by atoms with Crippen LogP contribution in [-0.4, -0.2) is 87.5 Å². The van der Waals surface area contributed by atoms with E-state index in [0.29, 0.717) is 6.42 Å². The highest BCUT2D eigenvalue weighted by atomic mass is 16.7. The Balaban J connectivity index is 2.73. The third-order valence-electron chi connectivity index (χ3n) is 3.94. The van der Waals surface area contributed by atoms with Crippen molar-refractivity contribution in [1.29, 1.82) is 0 Å². The van der Waals surface area contributed by atoms with Crippen LogP contribution in [-0.2, 0) is 14.3 Å². The molecule has 146 valence electrons. The van der Waals surface area contributed by atoms with Crippen LogP contribution in [0.2, 0.25) is 0 Å². The van der Waals surface area contributed by atoms with Crippen LogP contribution in [0.5, 0.6) is 0 Å². The fourth-order valence-electron chi connectivity index (χ4n) is 2.35. The predicted molar refractivity (Wildman–Crippen MR) is 87.4 cm³/mol. The molecule has 9 heteroatoms. The maximum Gasteiger partial charge on any atom is 0.220 e. The third kappa shape index (κ3) is 6.30. The number of amides is 1. The van der Waals surface area contributed by atoms with Gasteiger partial charge in [0.2, 0.25) is 5.91 Å². The zero-order valence-corrected chi connectivity index (χ0v) is 14.5. The number of allylic oxidation sites excluding steroid dienone is 1. The minimum atomic E-state index is -1.55. The van der Waals surface area contributed by atoms with Gasteiger partial charge in [0.15, 0.2) is 6.29 Å². The third-order valence-corrected chi connectivity index (χ3v) is 3.94. The van der Waals surface area contributed by atoms with E-state index < -0.39 is 49.5 Å². The highest BCUT2D eigenvalue weighted by Crippen LogP contribution is 2.22. The van der Waals surface area contributed by atoms with E-state index in [2.05, 4.69) is 5.32 Å². The van der Waals surface area contributed by atoms with Gasteiger partial charge in [-0.25, -0.2) is 0 Å². The number of carbonyl (C=O) groups is 1. The summed E-state index contributed by atoms with van der Waals surface area (Å²) in [5, 5.41) is 51.3. The van der Waals surface area contributed by atoms with Gasteiger partial charge in [0.05, 0.1) is 25.4 Å². The summed E-state index contributed by atoms with van der Waals surface area (Å²) in [6, 6.07) is -0.789. The van der Waals surface area contributed by atoms with Crippen LogP contribution in [0.1, 0.15) is 26.7 Å². The Morgan fingerprint density at radius 2 is 1.92 bits per heavy atom. The molecule has 1 aliphatic heterocycles. The molecule has 7 atom stereocenters. The van der Waals surface area contributed by atoms with Crippen molar-refractivity contribution in [2.24, 2.45) is 0 Å². The Labute approximate surface area is 146 Å². The molecule has 1 fully saturated rings. The summed E-state index contributed by atoms with van der Waals surface area (Å²) in [6.07, 6.45) is -3.79. The van der Waals surface area contributed by atoms with E-state index in [0.717, 1.165) is 0 Å². The summed E-state index contributed by atoms with van der Waals surface area (Å²) < 4.78 is 10.6. The molecule has 0 aliphatic carbocycles. The van der Waals surface area contributed by atoms with Gasteiger partial charge in [-0.05, 0) is 6.42 Å². The topological polar surface area (TPSA) is 149 Å². The molecule has 9 nitrogen and oxygen atoms in total. The average Bonchev–Trinajstić information content (AvgIpc) is 2.62. The van der Waals surface area contributed by atoms with Crippen molar-refractivity contribution < 1.29 is 39.8 Å². The maximum absolute atomic E-state index is 11.6. The quantitative estimate of drug-likeness (QED) is 0.258. The van der Waals surface area contributed by atoms with Crippen molar-refractivity contribution in [3.8, 4) is 0 Å². The first-order valence-corrected chi connectivity index (χ1v) is 8.41. The second kappa shape index (κ2) is 10.8. The molecule has 0 radical (unpaired) electrons. The summed E-state index contributed by atoms with van der Waals surface area (Å²) in [5.74, 6) is -0.286. The Bertz CT molecular complexity index is 430. The van der Waals surface area contributed by atoms with Gasteiger partial charge < -0.3 is 40.3 Å². The molecule has 0 aromatic rings. The molecule has 0 aromatic heterocycles. The van der Waals surface area contributed by atoms with Crippen molar-refractivity contribution in [2.75, 3.05) is 13.2 Å². The molecule has 25 heavy (non-hydrogen) atoms. The largest absolute Gasteiger partial charge is 0.394 e. The monoisotopic (exact) mass is 363 g/mol. The van der Waals surface area contributed by atoms with Crippen LogP contribution >= 0.6 is 0 Å². The maximum atomic E-state index is 11.6. The minimum Gasteiger partial charge on any atom is -0.394 e. The van der Waals surface area contributed by atoms with Crippen LogP contribution < -0.4 is 5.32 Å². The SMILES string of the molecule is CC/C=C/[C@@H](O)[C@H](CO[C@H]1OC(CO)[C@H](O)[C@@H](O)C1O)NC(=O)CC. The van der Waals surface area contributed by atoms with E-state index in [-0.39, 0.29) is 18.9 Å². The predicted octanol–water partition coefficient (Wildman–Crippen LogP) is -1.98. The van der Waals surface area contributed by atoms with Crippen LogP contribution in [0.15, 0.2) is 12.2 Å². The fourth-order valence-corrected chi connectivity index (χ4v) is 2.35. The summed E-state index contributed by atoms with van der Waals surface area (Å²) >= 11 is 0. The highest BCUT2D eigenvalue weighted by Gasteiger charge is 2.44. The lowest BCUT2D eigenvalue weighted by Crippen LogP contribution is -2.60. The first kappa shape index (κ1) is 22.0. The zero-order valence-electron chi connectivity index (χ0n) is 14.5. The number of hydrogen-bond donors (Lipinski definition) is 6. The van der Waals surface area contributed by atoms with Crippen LogP contribution in [0.3, 0.4) is 0 Å². The van der Waals surface area contributed by atoms with Crippen molar-refractivity contribution >= 4 is 5.91 Å². The molecule has 1 aliphatic rings. The molecule has 0 saturated carbocycles. The van der Waals surface area contributed by atoms with Gasteiger partial charge in [0, 0.05) is 6.42 Å². The number of rotatable bonds is 9. The Morgan fingerprint density at radius 3 is 2.48 bits per heavy atom. The molecular weight excluding hydrogens is 334 g/mol. The first-order valence-electron chi connectivity index (χ1n) is 8.41. The lowest BCUT2D eigenvalue weighted by Gasteiger charge is -2.40. The average molecular weight is 363 g/mol. The molecular formula is C16H29NO8. The highest BCUT2D eigenvalue weighted by molar-refractivity contribution is 5.75. The second-order valence-electron chi connectivity index (χ2n) is 5.89. The Hall–Kier alpha value is -1.07. The number of aliphatic hydroxyl groups excluding tert-OH is 5. The fraction of sp³-hybridized carbons (Fsp3) is 0.812. The second-order valence-corrected chi connectivity index (χ2v) is 5.89. The van der Waals surface area contributed by atoms with Crippen LogP contribution in [0.25, 0.3) is 0 Å². The number of carbonyl (C=O) groups excluding carboxylic acids is 1. The van der Waals surface area contributed by atoms with Gasteiger partial charge in [0.1, 0.15) is 24.4 Å². The normalized spacial score (nSPS) is 32.5. The van der Waals surface area contributed by atoms with Gasteiger partial charge in [-0.2, -0.15) is 0 Å². The van der Waals surface area contributed by atoms with Crippen molar-refractivity contribution in [3.63, 3.8) is 0 Å². The van der Waals surface area contributed by atoms with E-state index in [1.54, 1.807) is 13.0 Å². The lowest BCUT2D eigenvalue weighted by molar-refractivity contribution is -0.302. The molecule has 0 spiro atoms. The van der Waals surface area contributed by atoms with E-state index in [4.69, 9.17) is 14.6 Å². The van der Waals surface area contributed by atoms with Gasteiger partial charge in [0.25, 0.3) is 0 Å². The van der Waals surface area contributed by atoms with Gasteiger partial charge >= 0.3 is 0 Å². The molecule has 0 bridgehead atoms. The van der Waals surface area contributed by atoms with E-state index in [9.17, 15) is 25.2 Å². The van der Waals surface area contributed by atoms with Gasteiger partial charge in [-0.15, -0.1) is 0 Å². The standard InChI is InChI=1S/C16H29NO8/c1-3-5-6-10(19)9(17-12(20)4-2)8-24-16-15(23)14(22)13(21)11(7-18)25-16/h5-6,9-11,13-16,18-19,21-23H,3-4,7-8H2,1-2H3,(H,17,20)/b6-5+/t9-,10+,11?,13-,14+,15?,16-/m0/s1. The zero-order chi connectivity index (χ0) is 19.0. The summed E-state index contributed by atoms with van der Waals surface area (Å²) in [5.41, 5.74) is 0. The molecule has 0 aromatic carbocycles. The van der Waals surface area contributed by atoms with Crippen LogP contribution in [0.4, 0.5) is 0 Å². The first-order chi connectivity index (χ1) is 11.8. The molecule has 1 heterocycles. The van der Waals surface area contributed by atoms with Gasteiger partial charge in [-0.1, -0.05) is 26.0 Å². The molecule has 1 amide bonds. The van der Waals surface area contributed by atoms with Crippen LogP contribution in [0, 0.1) is 0 Å². The molecule has 6 N–H and O–H groups in total. The number of ether oxygens (including phenoxy) is 2.